The van der Waals surface area contributed by atoms with Crippen LogP contribution in [0, 0.1) is 11.0 Å². The van der Waals surface area contributed by atoms with Gasteiger partial charge >= 0.3 is 0 Å². The lowest BCUT2D eigenvalue weighted by atomic mass is 10.2. The highest BCUT2D eigenvalue weighted by Crippen LogP contribution is 2.09. The third kappa shape index (κ3) is 0.993. The highest BCUT2D eigenvalue weighted by molar-refractivity contribution is 5.75. The topological polar surface area (TPSA) is 26.9 Å². The van der Waals surface area contributed by atoms with Crippen LogP contribution >= 0.6 is 0 Å². The van der Waals surface area contributed by atoms with Gasteiger partial charge in [0, 0.05) is 6.07 Å². The third-order valence-corrected chi connectivity index (χ3v) is 1.71. The molecule has 1 aromatic carbocycles. The minimum Gasteiger partial charge on any atom is -0.618 e. The third-order valence-electron chi connectivity index (χ3n) is 1.71. The van der Waals surface area contributed by atoms with E-state index in [1.165, 1.54) is 6.07 Å². The van der Waals surface area contributed by atoms with Gasteiger partial charge in [0.05, 0.1) is 5.39 Å². The Morgan fingerprint density at radius 3 is 2.83 bits per heavy atom. The summed E-state index contributed by atoms with van der Waals surface area (Å²) in [4.78, 5) is 0. The second kappa shape index (κ2) is 2.44. The Labute approximate surface area is 68.5 Å². The predicted molar refractivity (Wildman–Crippen MR) is 42.9 cm³/mol. The van der Waals surface area contributed by atoms with Crippen molar-refractivity contribution >= 4 is 10.9 Å². The van der Waals surface area contributed by atoms with Crippen LogP contribution < -0.4 is 4.73 Å². The zero-order chi connectivity index (χ0) is 8.55. The molecule has 0 fully saturated rings. The number of aromatic nitrogens is 1. The molecular formula is C9H6FNO. The first kappa shape index (κ1) is 7.03. The smallest absolute Gasteiger partial charge is 0.223 e. The quantitative estimate of drug-likeness (QED) is 0.428. The second-order valence-corrected chi connectivity index (χ2v) is 2.54. The lowest BCUT2D eigenvalue weighted by Gasteiger charge is -1.99. The first-order valence-corrected chi connectivity index (χ1v) is 3.55. The number of rotatable bonds is 0. The van der Waals surface area contributed by atoms with Crippen molar-refractivity contribution in [3.8, 4) is 0 Å². The normalized spacial score (nSPS) is 10.4. The summed E-state index contributed by atoms with van der Waals surface area (Å²) in [5.41, 5.74) is 0.485. The molecule has 0 aliphatic heterocycles. The molecule has 0 unspecified atom stereocenters. The van der Waals surface area contributed by atoms with Gasteiger partial charge < -0.3 is 5.21 Å². The van der Waals surface area contributed by atoms with Gasteiger partial charge in [-0.25, -0.2) is 4.39 Å². The Morgan fingerprint density at radius 2 is 2.00 bits per heavy atom. The fraction of sp³-hybridized carbons (Fsp3) is 0. The molecule has 1 aromatic heterocycles. The molecule has 0 N–H and O–H groups in total. The number of hydrogen-bond donors (Lipinski definition) is 0. The largest absolute Gasteiger partial charge is 0.618 e. The zero-order valence-corrected chi connectivity index (χ0v) is 6.20. The summed E-state index contributed by atoms with van der Waals surface area (Å²) in [6.45, 7) is 0. The summed E-state index contributed by atoms with van der Waals surface area (Å²) >= 11 is 0. The minimum atomic E-state index is -0.510. The van der Waals surface area contributed by atoms with E-state index in [4.69, 9.17) is 0 Å². The zero-order valence-electron chi connectivity index (χ0n) is 6.20. The van der Waals surface area contributed by atoms with Crippen molar-refractivity contribution < 1.29 is 9.12 Å². The van der Waals surface area contributed by atoms with E-state index in [9.17, 15) is 9.60 Å². The van der Waals surface area contributed by atoms with Crippen LogP contribution in [-0.2, 0) is 0 Å². The lowest BCUT2D eigenvalue weighted by molar-refractivity contribution is -0.578. The molecule has 0 radical (unpaired) electrons. The van der Waals surface area contributed by atoms with E-state index in [0.29, 0.717) is 15.6 Å². The molecule has 0 bridgehead atoms. The van der Waals surface area contributed by atoms with Crippen molar-refractivity contribution in [3.63, 3.8) is 0 Å². The summed E-state index contributed by atoms with van der Waals surface area (Å²) in [7, 11) is 0. The monoisotopic (exact) mass is 163 g/mol. The van der Waals surface area contributed by atoms with Gasteiger partial charge in [0.2, 0.25) is 11.7 Å². The van der Waals surface area contributed by atoms with Gasteiger partial charge in [-0.05, 0) is 12.1 Å². The Bertz CT molecular complexity index is 428. The molecule has 0 aliphatic carbocycles. The highest BCUT2D eigenvalue weighted by Gasteiger charge is 2.04. The van der Waals surface area contributed by atoms with Crippen LogP contribution in [-0.4, -0.2) is 0 Å². The number of nitrogens with zero attached hydrogens (tertiary/aromatic N) is 1. The van der Waals surface area contributed by atoms with Crippen LogP contribution in [0.1, 0.15) is 0 Å². The molecule has 12 heavy (non-hydrogen) atoms. The fourth-order valence-corrected chi connectivity index (χ4v) is 1.18. The molecule has 0 atom stereocenters. The van der Waals surface area contributed by atoms with E-state index in [-0.39, 0.29) is 0 Å². The van der Waals surface area contributed by atoms with Gasteiger partial charge in [0.1, 0.15) is 0 Å². The molecule has 0 amide bonds. The van der Waals surface area contributed by atoms with Crippen LogP contribution in [0.25, 0.3) is 10.9 Å². The number of hydrogen-bond acceptors (Lipinski definition) is 1. The van der Waals surface area contributed by atoms with Gasteiger partial charge in [-0.2, -0.15) is 4.73 Å². The van der Waals surface area contributed by atoms with E-state index in [0.717, 1.165) is 6.20 Å². The maximum atomic E-state index is 12.7. The molecule has 60 valence electrons. The van der Waals surface area contributed by atoms with Crippen LogP contribution in [0.2, 0.25) is 0 Å². The van der Waals surface area contributed by atoms with Crippen LogP contribution in [0.3, 0.4) is 0 Å². The lowest BCUT2D eigenvalue weighted by Crippen LogP contribution is -2.26. The Hall–Kier alpha value is -1.64. The van der Waals surface area contributed by atoms with Gasteiger partial charge in [0.25, 0.3) is 0 Å². The number of pyridine rings is 1. The molecule has 2 rings (SSSR count). The molecule has 1 heterocycles. The summed E-state index contributed by atoms with van der Waals surface area (Å²) in [6.07, 6.45) is 0.919. The Kier molecular flexibility index (Phi) is 1.43. The van der Waals surface area contributed by atoms with E-state index < -0.39 is 5.82 Å². The fourth-order valence-electron chi connectivity index (χ4n) is 1.18. The average Bonchev–Trinajstić information content (AvgIpc) is 2.04. The van der Waals surface area contributed by atoms with Gasteiger partial charge in [0.15, 0.2) is 5.82 Å². The molecule has 0 saturated heterocycles. The maximum Gasteiger partial charge on any atom is 0.223 e. The standard InChI is InChI=1S/C9H6FNO/c10-8-5-7-3-1-2-4-9(7)11(12)6-8/h1-6H. The average molecular weight is 163 g/mol. The minimum absolute atomic E-state index is 0.485. The SMILES string of the molecule is [O-][n+]1cc(F)cc2ccccc21. The summed E-state index contributed by atoms with van der Waals surface area (Å²) in [6, 6.07) is 8.20. The number of halogens is 1. The molecule has 0 aliphatic rings. The van der Waals surface area contributed by atoms with E-state index >= 15 is 0 Å². The Balaban J connectivity index is 2.89. The number of fused-ring (bicyclic) bond motifs is 1. The van der Waals surface area contributed by atoms with Gasteiger partial charge in [-0.15, -0.1) is 0 Å². The van der Waals surface area contributed by atoms with Gasteiger partial charge in [-0.1, -0.05) is 12.1 Å². The first-order valence-electron chi connectivity index (χ1n) is 3.55. The van der Waals surface area contributed by atoms with E-state index in [2.05, 4.69) is 0 Å². The molecule has 2 aromatic rings. The van der Waals surface area contributed by atoms with Crippen LogP contribution in [0.4, 0.5) is 4.39 Å². The van der Waals surface area contributed by atoms with Crippen molar-refractivity contribution in [2.75, 3.05) is 0 Å². The Morgan fingerprint density at radius 1 is 1.25 bits per heavy atom. The molecule has 0 spiro atoms. The predicted octanol–water partition coefficient (Wildman–Crippen LogP) is 1.61. The van der Waals surface area contributed by atoms with E-state index in [1.807, 2.05) is 0 Å². The number of para-hydroxylation sites is 1. The van der Waals surface area contributed by atoms with E-state index in [1.54, 1.807) is 24.3 Å². The maximum absolute atomic E-state index is 12.7. The van der Waals surface area contributed by atoms with Crippen molar-refractivity contribution in [2.45, 2.75) is 0 Å². The van der Waals surface area contributed by atoms with Crippen LogP contribution in [0.15, 0.2) is 36.5 Å². The van der Waals surface area contributed by atoms with Crippen molar-refractivity contribution in [2.24, 2.45) is 0 Å². The summed E-state index contributed by atoms with van der Waals surface area (Å²) < 4.78 is 13.2. The molecule has 3 heteroatoms. The number of benzene rings is 1. The van der Waals surface area contributed by atoms with Gasteiger partial charge in [-0.3, -0.25) is 0 Å². The molecular weight excluding hydrogens is 157 g/mol. The second-order valence-electron chi connectivity index (χ2n) is 2.54. The van der Waals surface area contributed by atoms with Crippen LogP contribution in [0.5, 0.6) is 0 Å². The van der Waals surface area contributed by atoms with Crippen molar-refractivity contribution in [1.82, 2.24) is 0 Å². The van der Waals surface area contributed by atoms with Crippen molar-refractivity contribution in [3.05, 3.63) is 47.6 Å². The molecule has 2 nitrogen and oxygen atoms in total. The highest BCUT2D eigenvalue weighted by atomic mass is 19.1. The summed E-state index contributed by atoms with van der Waals surface area (Å²) in [5, 5.41) is 11.7. The summed E-state index contributed by atoms with van der Waals surface area (Å²) in [5.74, 6) is -0.510. The molecule has 0 saturated carbocycles. The first-order chi connectivity index (χ1) is 5.77. The van der Waals surface area contributed by atoms with Crippen molar-refractivity contribution in [1.29, 1.82) is 0 Å².